The van der Waals surface area contributed by atoms with E-state index in [9.17, 15) is 9.59 Å². The van der Waals surface area contributed by atoms with E-state index in [1.807, 2.05) is 13.8 Å². The van der Waals surface area contributed by atoms with Crippen molar-refractivity contribution in [2.24, 2.45) is 11.7 Å². The standard InChI is InChI=1S/C11H23N3O3/c1-6-7(2)8(12)9(15)13-14-10(16)17-11(3,4)5/h7-8H,6,12H2,1-5H3,(H,13,15)(H,14,16)/t7-,8-/m0/s1. The number of nitrogens with two attached hydrogens (primary N) is 1. The Bertz CT molecular complexity index is 274. The molecule has 0 aliphatic heterocycles. The zero-order chi connectivity index (χ0) is 13.6. The molecule has 0 saturated carbocycles. The second kappa shape index (κ2) is 6.44. The van der Waals surface area contributed by atoms with Gasteiger partial charge in [-0.2, -0.15) is 0 Å². The summed E-state index contributed by atoms with van der Waals surface area (Å²) in [6.07, 6.45) is 0.0864. The monoisotopic (exact) mass is 245 g/mol. The minimum absolute atomic E-state index is 0.0513. The predicted octanol–water partition coefficient (Wildman–Crippen LogP) is 0.916. The molecule has 0 aromatic carbocycles. The van der Waals surface area contributed by atoms with Crippen LogP contribution in [0, 0.1) is 5.92 Å². The highest BCUT2D eigenvalue weighted by molar-refractivity contribution is 5.83. The number of hydrazine groups is 1. The molecule has 100 valence electrons. The first-order valence-corrected chi connectivity index (χ1v) is 5.71. The van der Waals surface area contributed by atoms with Crippen LogP contribution in [0.25, 0.3) is 0 Å². The normalized spacial score (nSPS) is 14.7. The van der Waals surface area contributed by atoms with Crippen molar-refractivity contribution in [1.82, 2.24) is 10.9 Å². The maximum atomic E-state index is 11.5. The number of rotatable bonds is 3. The lowest BCUT2D eigenvalue weighted by molar-refractivity contribution is -0.124. The quantitative estimate of drug-likeness (QED) is 0.644. The molecule has 4 N–H and O–H groups in total. The van der Waals surface area contributed by atoms with Crippen LogP contribution in [0.15, 0.2) is 0 Å². The van der Waals surface area contributed by atoms with Crippen molar-refractivity contribution in [2.75, 3.05) is 0 Å². The Morgan fingerprint density at radius 1 is 1.29 bits per heavy atom. The van der Waals surface area contributed by atoms with Crippen molar-refractivity contribution in [3.63, 3.8) is 0 Å². The molecule has 0 unspecified atom stereocenters. The molecule has 0 fully saturated rings. The summed E-state index contributed by atoms with van der Waals surface area (Å²) in [5, 5.41) is 0. The summed E-state index contributed by atoms with van der Waals surface area (Å²) in [7, 11) is 0. The molecule has 0 spiro atoms. The molecule has 0 aromatic rings. The van der Waals surface area contributed by atoms with E-state index in [0.717, 1.165) is 6.42 Å². The molecular formula is C11H23N3O3. The van der Waals surface area contributed by atoms with E-state index in [-0.39, 0.29) is 5.92 Å². The zero-order valence-corrected chi connectivity index (χ0v) is 11.2. The lowest BCUT2D eigenvalue weighted by atomic mass is 10.00. The molecule has 0 saturated heterocycles. The SMILES string of the molecule is CC[C@H](C)[C@H](N)C(=O)NNC(=O)OC(C)(C)C. The highest BCUT2D eigenvalue weighted by atomic mass is 16.6. The van der Waals surface area contributed by atoms with Gasteiger partial charge in [0.1, 0.15) is 5.60 Å². The summed E-state index contributed by atoms with van der Waals surface area (Å²) >= 11 is 0. The van der Waals surface area contributed by atoms with Crippen LogP contribution >= 0.6 is 0 Å². The number of nitrogens with one attached hydrogen (secondary N) is 2. The average Bonchev–Trinajstić information content (AvgIpc) is 2.21. The summed E-state index contributed by atoms with van der Waals surface area (Å²) in [5.74, 6) is -0.374. The van der Waals surface area contributed by atoms with Gasteiger partial charge in [-0.3, -0.25) is 10.2 Å². The summed E-state index contributed by atoms with van der Waals surface area (Å²) in [6.45, 7) is 9.02. The van der Waals surface area contributed by atoms with Crippen LogP contribution in [-0.2, 0) is 9.53 Å². The highest BCUT2D eigenvalue weighted by Gasteiger charge is 2.21. The zero-order valence-electron chi connectivity index (χ0n) is 11.2. The third-order valence-electron chi connectivity index (χ3n) is 2.25. The minimum Gasteiger partial charge on any atom is -0.443 e. The van der Waals surface area contributed by atoms with E-state index in [4.69, 9.17) is 10.5 Å². The fraction of sp³-hybridized carbons (Fsp3) is 0.818. The van der Waals surface area contributed by atoms with Crippen molar-refractivity contribution < 1.29 is 14.3 Å². The first kappa shape index (κ1) is 15.7. The average molecular weight is 245 g/mol. The molecule has 0 aliphatic rings. The van der Waals surface area contributed by atoms with Crippen molar-refractivity contribution in [1.29, 1.82) is 0 Å². The molecule has 0 aromatic heterocycles. The van der Waals surface area contributed by atoms with Crippen LogP contribution in [0.1, 0.15) is 41.0 Å². The molecule has 0 aliphatic carbocycles. The van der Waals surface area contributed by atoms with E-state index < -0.39 is 23.6 Å². The number of carbonyl (C=O) groups excluding carboxylic acids is 2. The summed E-state index contributed by atoms with van der Waals surface area (Å²) < 4.78 is 4.95. The van der Waals surface area contributed by atoms with Gasteiger partial charge in [-0.05, 0) is 26.7 Å². The number of ether oxygens (including phenoxy) is 1. The van der Waals surface area contributed by atoms with Gasteiger partial charge in [0.15, 0.2) is 0 Å². The number of hydrogen-bond donors (Lipinski definition) is 3. The Morgan fingerprint density at radius 3 is 2.24 bits per heavy atom. The Morgan fingerprint density at radius 2 is 1.82 bits per heavy atom. The molecule has 2 amide bonds. The molecule has 0 radical (unpaired) electrons. The van der Waals surface area contributed by atoms with Gasteiger partial charge in [0.25, 0.3) is 5.91 Å². The summed E-state index contributed by atoms with van der Waals surface area (Å²) in [5.41, 5.74) is 9.47. The third kappa shape index (κ3) is 6.78. The maximum absolute atomic E-state index is 11.5. The van der Waals surface area contributed by atoms with Crippen LogP contribution in [0.5, 0.6) is 0 Å². The molecular weight excluding hydrogens is 222 g/mol. The number of amides is 2. The Labute approximate surface area is 102 Å². The molecule has 0 rings (SSSR count). The van der Waals surface area contributed by atoms with Gasteiger partial charge in [0.05, 0.1) is 6.04 Å². The largest absolute Gasteiger partial charge is 0.443 e. The molecule has 2 atom stereocenters. The van der Waals surface area contributed by atoms with Crippen LogP contribution < -0.4 is 16.6 Å². The molecule has 6 heteroatoms. The Balaban J connectivity index is 4.04. The van der Waals surface area contributed by atoms with Crippen molar-refractivity contribution in [3.8, 4) is 0 Å². The first-order chi connectivity index (χ1) is 7.67. The van der Waals surface area contributed by atoms with E-state index in [1.54, 1.807) is 20.8 Å². The molecule has 6 nitrogen and oxygen atoms in total. The topological polar surface area (TPSA) is 93.5 Å². The van der Waals surface area contributed by atoms with E-state index in [0.29, 0.717) is 0 Å². The molecule has 0 heterocycles. The lowest BCUT2D eigenvalue weighted by Gasteiger charge is -2.21. The predicted molar refractivity (Wildman–Crippen MR) is 64.9 cm³/mol. The van der Waals surface area contributed by atoms with Crippen LogP contribution in [-0.4, -0.2) is 23.6 Å². The smallest absolute Gasteiger partial charge is 0.426 e. The third-order valence-corrected chi connectivity index (χ3v) is 2.25. The van der Waals surface area contributed by atoms with Gasteiger partial charge in [0.2, 0.25) is 0 Å². The van der Waals surface area contributed by atoms with Crippen LogP contribution in [0.3, 0.4) is 0 Å². The Hall–Kier alpha value is -1.30. The van der Waals surface area contributed by atoms with E-state index in [2.05, 4.69) is 10.9 Å². The summed E-state index contributed by atoms with van der Waals surface area (Å²) in [6, 6.07) is -0.644. The van der Waals surface area contributed by atoms with Gasteiger partial charge in [-0.15, -0.1) is 0 Å². The van der Waals surface area contributed by atoms with E-state index in [1.165, 1.54) is 0 Å². The van der Waals surface area contributed by atoms with Gasteiger partial charge in [-0.1, -0.05) is 20.3 Å². The van der Waals surface area contributed by atoms with Crippen molar-refractivity contribution >= 4 is 12.0 Å². The molecule has 17 heavy (non-hydrogen) atoms. The number of carbonyl (C=O) groups is 2. The van der Waals surface area contributed by atoms with Gasteiger partial charge < -0.3 is 10.5 Å². The van der Waals surface area contributed by atoms with Gasteiger partial charge in [0, 0.05) is 0 Å². The van der Waals surface area contributed by atoms with E-state index >= 15 is 0 Å². The Kier molecular flexibility index (Phi) is 5.95. The summed E-state index contributed by atoms with van der Waals surface area (Å²) in [4.78, 5) is 22.7. The minimum atomic E-state index is -0.706. The van der Waals surface area contributed by atoms with Gasteiger partial charge in [-0.25, -0.2) is 10.2 Å². The molecule has 0 bridgehead atoms. The second-order valence-electron chi connectivity index (χ2n) is 5.03. The van der Waals surface area contributed by atoms with Crippen molar-refractivity contribution in [3.05, 3.63) is 0 Å². The van der Waals surface area contributed by atoms with Crippen molar-refractivity contribution in [2.45, 2.75) is 52.7 Å². The second-order valence-corrected chi connectivity index (χ2v) is 5.03. The first-order valence-electron chi connectivity index (χ1n) is 5.71. The highest BCUT2D eigenvalue weighted by Crippen LogP contribution is 2.06. The van der Waals surface area contributed by atoms with Gasteiger partial charge >= 0.3 is 6.09 Å². The fourth-order valence-electron chi connectivity index (χ4n) is 1.01. The fourth-order valence-corrected chi connectivity index (χ4v) is 1.01. The van der Waals surface area contributed by atoms with Crippen LogP contribution in [0.4, 0.5) is 4.79 Å². The van der Waals surface area contributed by atoms with Crippen LogP contribution in [0.2, 0.25) is 0 Å². The number of hydrogen-bond acceptors (Lipinski definition) is 4. The lowest BCUT2D eigenvalue weighted by Crippen LogP contribution is -2.52. The maximum Gasteiger partial charge on any atom is 0.426 e.